The van der Waals surface area contributed by atoms with Gasteiger partial charge in [0.25, 0.3) is 0 Å². The smallest absolute Gasteiger partial charge is 0.245 e. The molecule has 126 valence electrons. The van der Waals surface area contributed by atoms with Gasteiger partial charge in [-0.25, -0.2) is 8.42 Å². The molecule has 0 spiro atoms. The van der Waals surface area contributed by atoms with Gasteiger partial charge in [0, 0.05) is 11.9 Å². The molecule has 1 heterocycles. The first-order valence-electron chi connectivity index (χ1n) is 8.27. The molecule has 2 N–H and O–H groups in total. The van der Waals surface area contributed by atoms with Crippen LogP contribution >= 0.6 is 0 Å². The van der Waals surface area contributed by atoms with Crippen LogP contribution in [0.15, 0.2) is 18.2 Å². The van der Waals surface area contributed by atoms with Gasteiger partial charge in [-0.05, 0) is 68.8 Å². The van der Waals surface area contributed by atoms with Crippen molar-refractivity contribution in [3.8, 4) is 0 Å². The van der Waals surface area contributed by atoms with E-state index >= 15 is 0 Å². The number of rotatable bonds is 3. The average Bonchev–Trinajstić information content (AvgIpc) is 2.55. The fourth-order valence-electron chi connectivity index (χ4n) is 3.73. The minimum Gasteiger partial charge on any atom is -0.324 e. The summed E-state index contributed by atoms with van der Waals surface area (Å²) in [7, 11) is -3.48. The molecule has 6 heteroatoms. The number of sulfone groups is 1. The minimum atomic E-state index is -3.48. The summed E-state index contributed by atoms with van der Waals surface area (Å²) in [4.78, 5) is 12.9. The number of piperidine rings is 1. The Kier molecular flexibility index (Phi) is 4.47. The highest BCUT2D eigenvalue weighted by atomic mass is 32.2. The number of benzene rings is 1. The van der Waals surface area contributed by atoms with Crippen molar-refractivity contribution in [2.75, 3.05) is 24.7 Å². The molecule has 1 saturated heterocycles. The van der Waals surface area contributed by atoms with E-state index in [4.69, 9.17) is 0 Å². The van der Waals surface area contributed by atoms with Crippen molar-refractivity contribution in [1.29, 1.82) is 0 Å². The van der Waals surface area contributed by atoms with E-state index in [-0.39, 0.29) is 5.91 Å². The predicted octanol–water partition coefficient (Wildman–Crippen LogP) is 1.67. The summed E-state index contributed by atoms with van der Waals surface area (Å²) in [6, 6.07) is 5.93. The standard InChI is InChI=1S/C17H24N2O3S/c1-23(21,22)17(9-11-18-12-10-17)16(20)19-15-8-4-6-13-5-2-3-7-14(13)15/h4,6,8,18H,2-3,5,7,9-12H2,1H3,(H,19,20). The summed E-state index contributed by atoms with van der Waals surface area (Å²) in [5, 5.41) is 6.08. The maximum atomic E-state index is 12.9. The number of aryl methyl sites for hydroxylation is 1. The van der Waals surface area contributed by atoms with Crippen molar-refractivity contribution in [3.05, 3.63) is 29.3 Å². The lowest BCUT2D eigenvalue weighted by Gasteiger charge is -2.34. The quantitative estimate of drug-likeness (QED) is 0.880. The lowest BCUT2D eigenvalue weighted by molar-refractivity contribution is -0.119. The van der Waals surface area contributed by atoms with Gasteiger partial charge in [-0.1, -0.05) is 12.1 Å². The molecule has 0 saturated carbocycles. The van der Waals surface area contributed by atoms with Gasteiger partial charge in [-0.2, -0.15) is 0 Å². The third-order valence-electron chi connectivity index (χ3n) is 5.18. The third-order valence-corrected chi connectivity index (χ3v) is 7.19. The number of amides is 1. The molecule has 3 rings (SSSR count). The van der Waals surface area contributed by atoms with Gasteiger partial charge >= 0.3 is 0 Å². The predicted molar refractivity (Wildman–Crippen MR) is 91.4 cm³/mol. The second-order valence-electron chi connectivity index (χ2n) is 6.62. The topological polar surface area (TPSA) is 75.3 Å². The summed E-state index contributed by atoms with van der Waals surface area (Å²) in [6.45, 7) is 1.10. The number of anilines is 1. The SMILES string of the molecule is CS(=O)(=O)C1(C(=O)Nc2cccc3c2CCCC3)CCNCC1. The first-order valence-corrected chi connectivity index (χ1v) is 10.2. The minimum absolute atomic E-state index is 0.326. The van der Waals surface area contributed by atoms with Crippen molar-refractivity contribution in [2.45, 2.75) is 43.3 Å². The Morgan fingerprint density at radius 3 is 2.57 bits per heavy atom. The molecule has 23 heavy (non-hydrogen) atoms. The normalized spacial score (nSPS) is 20.6. The van der Waals surface area contributed by atoms with Gasteiger partial charge in [0.05, 0.1) is 0 Å². The molecule has 0 atom stereocenters. The largest absolute Gasteiger partial charge is 0.324 e. The summed E-state index contributed by atoms with van der Waals surface area (Å²) in [5.41, 5.74) is 3.23. The van der Waals surface area contributed by atoms with Crippen molar-refractivity contribution >= 4 is 21.4 Å². The van der Waals surface area contributed by atoms with E-state index in [0.29, 0.717) is 25.9 Å². The van der Waals surface area contributed by atoms with Crippen LogP contribution in [0.2, 0.25) is 0 Å². The number of nitrogens with one attached hydrogen (secondary N) is 2. The van der Waals surface area contributed by atoms with Crippen molar-refractivity contribution in [3.63, 3.8) is 0 Å². The van der Waals surface area contributed by atoms with Crippen LogP contribution < -0.4 is 10.6 Å². The zero-order valence-electron chi connectivity index (χ0n) is 13.5. The molecule has 0 unspecified atom stereocenters. The zero-order chi connectivity index (χ0) is 16.5. The highest BCUT2D eigenvalue weighted by Gasteiger charge is 2.48. The van der Waals surface area contributed by atoms with Crippen LogP contribution in [-0.4, -0.2) is 38.4 Å². The highest BCUT2D eigenvalue weighted by Crippen LogP contribution is 2.32. The number of carbonyl (C=O) groups is 1. The Morgan fingerprint density at radius 2 is 1.87 bits per heavy atom. The van der Waals surface area contributed by atoms with E-state index in [1.54, 1.807) is 0 Å². The average molecular weight is 336 g/mol. The van der Waals surface area contributed by atoms with Crippen LogP contribution in [0.1, 0.15) is 36.8 Å². The molecule has 0 aromatic heterocycles. The van der Waals surface area contributed by atoms with Crippen LogP contribution in [0, 0.1) is 0 Å². The summed E-state index contributed by atoms with van der Waals surface area (Å²) < 4.78 is 23.4. The van der Waals surface area contributed by atoms with Crippen molar-refractivity contribution < 1.29 is 13.2 Å². The Hall–Kier alpha value is -1.40. The van der Waals surface area contributed by atoms with Crippen LogP contribution in [-0.2, 0) is 27.5 Å². The first kappa shape index (κ1) is 16.5. The molecular formula is C17H24N2O3S. The monoisotopic (exact) mass is 336 g/mol. The molecule has 2 aliphatic rings. The molecule has 1 aliphatic carbocycles. The molecule has 0 radical (unpaired) electrons. The first-order chi connectivity index (χ1) is 10.9. The number of hydrogen-bond acceptors (Lipinski definition) is 4. The van der Waals surface area contributed by atoms with Crippen molar-refractivity contribution in [2.24, 2.45) is 0 Å². The van der Waals surface area contributed by atoms with Gasteiger partial charge in [-0.15, -0.1) is 0 Å². The van der Waals surface area contributed by atoms with Gasteiger partial charge < -0.3 is 10.6 Å². The van der Waals surface area contributed by atoms with Gasteiger partial charge in [0.2, 0.25) is 5.91 Å². The Morgan fingerprint density at radius 1 is 1.17 bits per heavy atom. The number of carbonyl (C=O) groups excluding carboxylic acids is 1. The van der Waals surface area contributed by atoms with Crippen LogP contribution in [0.3, 0.4) is 0 Å². The molecule has 5 nitrogen and oxygen atoms in total. The fraction of sp³-hybridized carbons (Fsp3) is 0.588. The zero-order valence-corrected chi connectivity index (χ0v) is 14.3. The second kappa shape index (κ2) is 6.24. The third kappa shape index (κ3) is 3.02. The maximum absolute atomic E-state index is 12.9. The molecule has 1 amide bonds. The molecule has 1 aromatic carbocycles. The van der Waals surface area contributed by atoms with E-state index in [9.17, 15) is 13.2 Å². The van der Waals surface area contributed by atoms with E-state index in [0.717, 1.165) is 24.9 Å². The van der Waals surface area contributed by atoms with Gasteiger partial charge in [0.1, 0.15) is 0 Å². The Labute approximate surface area is 137 Å². The molecule has 1 aliphatic heterocycles. The molecule has 1 fully saturated rings. The van der Waals surface area contributed by atoms with Crippen molar-refractivity contribution in [1.82, 2.24) is 5.32 Å². The Bertz CT molecular complexity index is 707. The fourth-order valence-corrected chi connectivity index (χ4v) is 5.07. The number of fused-ring (bicyclic) bond motifs is 1. The summed E-state index contributed by atoms with van der Waals surface area (Å²) in [5.74, 6) is -0.375. The van der Waals surface area contributed by atoms with E-state index in [1.165, 1.54) is 23.8 Å². The maximum Gasteiger partial charge on any atom is 0.245 e. The summed E-state index contributed by atoms with van der Waals surface area (Å²) >= 11 is 0. The lowest BCUT2D eigenvalue weighted by Crippen LogP contribution is -2.55. The van der Waals surface area contributed by atoms with Crippen LogP contribution in [0.5, 0.6) is 0 Å². The second-order valence-corrected chi connectivity index (χ2v) is 8.95. The highest BCUT2D eigenvalue weighted by molar-refractivity contribution is 7.92. The summed E-state index contributed by atoms with van der Waals surface area (Å²) in [6.07, 6.45) is 6.08. The number of hydrogen-bond donors (Lipinski definition) is 2. The van der Waals surface area contributed by atoms with E-state index in [1.807, 2.05) is 12.1 Å². The van der Waals surface area contributed by atoms with Crippen LogP contribution in [0.25, 0.3) is 0 Å². The Balaban J connectivity index is 1.91. The molecule has 0 bridgehead atoms. The molecular weight excluding hydrogens is 312 g/mol. The van der Waals surface area contributed by atoms with Gasteiger partial charge in [0.15, 0.2) is 14.6 Å². The van der Waals surface area contributed by atoms with E-state index < -0.39 is 14.6 Å². The molecule has 1 aromatic rings. The van der Waals surface area contributed by atoms with Gasteiger partial charge in [-0.3, -0.25) is 4.79 Å². The van der Waals surface area contributed by atoms with Crippen LogP contribution in [0.4, 0.5) is 5.69 Å². The lowest BCUT2D eigenvalue weighted by atomic mass is 9.90. The van der Waals surface area contributed by atoms with E-state index in [2.05, 4.69) is 16.7 Å².